The van der Waals surface area contributed by atoms with Crippen LogP contribution in [-0.4, -0.2) is 30.1 Å². The SMILES string of the molecule is O=C(O)CCCCNC(=O)c1ccc2c(c1)CCN2. The van der Waals surface area contributed by atoms with E-state index in [-0.39, 0.29) is 12.3 Å². The largest absolute Gasteiger partial charge is 0.481 e. The van der Waals surface area contributed by atoms with Crippen LogP contribution in [0.1, 0.15) is 35.2 Å². The molecule has 102 valence electrons. The lowest BCUT2D eigenvalue weighted by Gasteiger charge is -2.06. The molecule has 0 saturated heterocycles. The zero-order valence-electron chi connectivity index (χ0n) is 10.7. The van der Waals surface area contributed by atoms with Crippen molar-refractivity contribution in [2.75, 3.05) is 18.4 Å². The van der Waals surface area contributed by atoms with E-state index in [0.29, 0.717) is 24.9 Å². The number of hydrogen-bond donors (Lipinski definition) is 3. The van der Waals surface area contributed by atoms with Crippen LogP contribution in [0.2, 0.25) is 0 Å². The van der Waals surface area contributed by atoms with Crippen LogP contribution in [0.4, 0.5) is 5.69 Å². The van der Waals surface area contributed by atoms with Crippen molar-refractivity contribution in [1.82, 2.24) is 5.32 Å². The van der Waals surface area contributed by atoms with Crippen LogP contribution in [0.3, 0.4) is 0 Å². The molecule has 1 heterocycles. The summed E-state index contributed by atoms with van der Waals surface area (Å²) >= 11 is 0. The standard InChI is InChI=1S/C14H18N2O3/c17-13(18)3-1-2-7-16-14(19)11-4-5-12-10(9-11)6-8-15-12/h4-5,9,15H,1-3,6-8H2,(H,16,19)(H,17,18). The molecule has 1 aliphatic heterocycles. The molecule has 1 aliphatic rings. The molecule has 0 spiro atoms. The average molecular weight is 262 g/mol. The van der Waals surface area contributed by atoms with Gasteiger partial charge >= 0.3 is 5.97 Å². The highest BCUT2D eigenvalue weighted by Crippen LogP contribution is 2.22. The zero-order valence-corrected chi connectivity index (χ0v) is 10.7. The minimum atomic E-state index is -0.794. The first-order valence-electron chi connectivity index (χ1n) is 6.53. The molecule has 0 aromatic heterocycles. The predicted octanol–water partition coefficient (Wildman–Crippen LogP) is 1.64. The summed E-state index contributed by atoms with van der Waals surface area (Å²) in [5.41, 5.74) is 2.96. The molecule has 2 rings (SSSR count). The van der Waals surface area contributed by atoms with Crippen molar-refractivity contribution in [2.45, 2.75) is 25.7 Å². The van der Waals surface area contributed by atoms with Gasteiger partial charge in [-0.3, -0.25) is 9.59 Å². The summed E-state index contributed by atoms with van der Waals surface area (Å²) in [4.78, 5) is 22.2. The maximum atomic E-state index is 11.9. The predicted molar refractivity (Wildman–Crippen MR) is 72.5 cm³/mol. The third-order valence-electron chi connectivity index (χ3n) is 3.18. The monoisotopic (exact) mass is 262 g/mol. The van der Waals surface area contributed by atoms with E-state index < -0.39 is 5.97 Å². The first-order chi connectivity index (χ1) is 9.16. The summed E-state index contributed by atoms with van der Waals surface area (Å²) in [6.45, 7) is 1.44. The molecule has 3 N–H and O–H groups in total. The number of carboxylic acids is 1. The number of anilines is 1. The van der Waals surface area contributed by atoms with Crippen molar-refractivity contribution in [3.8, 4) is 0 Å². The number of rotatable bonds is 6. The van der Waals surface area contributed by atoms with Gasteiger partial charge in [0.2, 0.25) is 0 Å². The van der Waals surface area contributed by atoms with E-state index in [9.17, 15) is 9.59 Å². The maximum Gasteiger partial charge on any atom is 0.303 e. The van der Waals surface area contributed by atoms with E-state index in [0.717, 1.165) is 18.7 Å². The Kier molecular flexibility index (Phi) is 4.39. The van der Waals surface area contributed by atoms with Gasteiger partial charge in [0.15, 0.2) is 0 Å². The van der Waals surface area contributed by atoms with Gasteiger partial charge in [-0.05, 0) is 43.0 Å². The second kappa shape index (κ2) is 6.22. The summed E-state index contributed by atoms with van der Waals surface area (Å²) in [5.74, 6) is -0.887. The molecule has 19 heavy (non-hydrogen) atoms. The number of nitrogens with one attached hydrogen (secondary N) is 2. The number of aliphatic carboxylic acids is 1. The fraction of sp³-hybridized carbons (Fsp3) is 0.429. The van der Waals surface area contributed by atoms with Gasteiger partial charge in [0.25, 0.3) is 5.91 Å². The molecule has 5 nitrogen and oxygen atoms in total. The Hall–Kier alpha value is -2.04. The fourth-order valence-electron chi connectivity index (χ4n) is 2.15. The zero-order chi connectivity index (χ0) is 13.7. The number of carbonyl (C=O) groups excluding carboxylic acids is 1. The Balaban J connectivity index is 1.78. The van der Waals surface area contributed by atoms with Gasteiger partial charge < -0.3 is 15.7 Å². The molecule has 1 amide bonds. The van der Waals surface area contributed by atoms with Gasteiger partial charge in [0, 0.05) is 30.8 Å². The molecule has 0 atom stereocenters. The summed E-state index contributed by atoms with van der Waals surface area (Å²) in [6.07, 6.45) is 2.38. The van der Waals surface area contributed by atoms with Crippen LogP contribution in [0.5, 0.6) is 0 Å². The Morgan fingerprint density at radius 1 is 1.32 bits per heavy atom. The highest BCUT2D eigenvalue weighted by atomic mass is 16.4. The van der Waals surface area contributed by atoms with E-state index in [1.165, 1.54) is 5.56 Å². The van der Waals surface area contributed by atoms with Gasteiger partial charge in [0.05, 0.1) is 0 Å². The van der Waals surface area contributed by atoms with Crippen molar-refractivity contribution in [3.63, 3.8) is 0 Å². The number of amides is 1. The van der Waals surface area contributed by atoms with E-state index in [1.54, 1.807) is 0 Å². The Bertz CT molecular complexity index is 486. The minimum absolute atomic E-state index is 0.0926. The van der Waals surface area contributed by atoms with Gasteiger partial charge in [-0.1, -0.05) is 0 Å². The molecule has 0 saturated carbocycles. The number of fused-ring (bicyclic) bond motifs is 1. The Morgan fingerprint density at radius 3 is 2.95 bits per heavy atom. The van der Waals surface area contributed by atoms with Crippen LogP contribution in [-0.2, 0) is 11.2 Å². The lowest BCUT2D eigenvalue weighted by molar-refractivity contribution is -0.137. The Morgan fingerprint density at radius 2 is 2.16 bits per heavy atom. The number of benzene rings is 1. The number of carbonyl (C=O) groups is 2. The topological polar surface area (TPSA) is 78.4 Å². The highest BCUT2D eigenvalue weighted by molar-refractivity contribution is 5.95. The van der Waals surface area contributed by atoms with Crippen LogP contribution in [0.15, 0.2) is 18.2 Å². The summed E-state index contributed by atoms with van der Waals surface area (Å²) < 4.78 is 0. The molecule has 0 radical (unpaired) electrons. The lowest BCUT2D eigenvalue weighted by Crippen LogP contribution is -2.24. The first-order valence-corrected chi connectivity index (χ1v) is 6.53. The van der Waals surface area contributed by atoms with Crippen molar-refractivity contribution < 1.29 is 14.7 Å². The molecule has 0 fully saturated rings. The second-order valence-corrected chi connectivity index (χ2v) is 4.66. The van der Waals surface area contributed by atoms with Crippen molar-refractivity contribution >= 4 is 17.6 Å². The van der Waals surface area contributed by atoms with Crippen molar-refractivity contribution in [2.24, 2.45) is 0 Å². The van der Waals surface area contributed by atoms with Gasteiger partial charge in [-0.15, -0.1) is 0 Å². The first kappa shape index (κ1) is 13.4. The van der Waals surface area contributed by atoms with Crippen LogP contribution in [0, 0.1) is 0 Å². The highest BCUT2D eigenvalue weighted by Gasteiger charge is 2.13. The smallest absolute Gasteiger partial charge is 0.303 e. The fourth-order valence-corrected chi connectivity index (χ4v) is 2.15. The van der Waals surface area contributed by atoms with Crippen LogP contribution < -0.4 is 10.6 Å². The molecular formula is C14H18N2O3. The summed E-state index contributed by atoms with van der Waals surface area (Å²) in [5, 5.41) is 14.6. The molecule has 5 heteroatoms. The number of hydrogen-bond acceptors (Lipinski definition) is 3. The maximum absolute atomic E-state index is 11.9. The van der Waals surface area contributed by atoms with Gasteiger partial charge in [-0.25, -0.2) is 0 Å². The molecule has 0 unspecified atom stereocenters. The average Bonchev–Trinajstić information content (AvgIpc) is 2.84. The molecule has 0 aliphatic carbocycles. The number of unbranched alkanes of at least 4 members (excludes halogenated alkanes) is 1. The van der Waals surface area contributed by atoms with Crippen LogP contribution >= 0.6 is 0 Å². The van der Waals surface area contributed by atoms with E-state index in [1.807, 2.05) is 18.2 Å². The molecular weight excluding hydrogens is 244 g/mol. The minimum Gasteiger partial charge on any atom is -0.481 e. The van der Waals surface area contributed by atoms with Crippen molar-refractivity contribution in [3.05, 3.63) is 29.3 Å². The normalized spacial score (nSPS) is 12.6. The van der Waals surface area contributed by atoms with Gasteiger partial charge in [0.1, 0.15) is 0 Å². The second-order valence-electron chi connectivity index (χ2n) is 4.66. The third kappa shape index (κ3) is 3.71. The third-order valence-corrected chi connectivity index (χ3v) is 3.18. The van der Waals surface area contributed by atoms with E-state index in [2.05, 4.69) is 10.6 Å². The van der Waals surface area contributed by atoms with Crippen LogP contribution in [0.25, 0.3) is 0 Å². The molecule has 1 aromatic rings. The molecule has 0 bridgehead atoms. The lowest BCUT2D eigenvalue weighted by atomic mass is 10.1. The van der Waals surface area contributed by atoms with E-state index in [4.69, 9.17) is 5.11 Å². The summed E-state index contributed by atoms with van der Waals surface area (Å²) in [7, 11) is 0. The van der Waals surface area contributed by atoms with Gasteiger partial charge in [-0.2, -0.15) is 0 Å². The number of carboxylic acid groups (broad SMARTS) is 1. The van der Waals surface area contributed by atoms with Crippen molar-refractivity contribution in [1.29, 1.82) is 0 Å². The Labute approximate surface area is 112 Å². The van der Waals surface area contributed by atoms with E-state index >= 15 is 0 Å². The summed E-state index contributed by atoms with van der Waals surface area (Å²) in [6, 6.07) is 5.66. The molecule has 1 aromatic carbocycles. The quantitative estimate of drug-likeness (QED) is 0.681.